The van der Waals surface area contributed by atoms with Crippen LogP contribution in [0.15, 0.2) is 27.6 Å². The van der Waals surface area contributed by atoms with Gasteiger partial charge in [-0.2, -0.15) is 0 Å². The van der Waals surface area contributed by atoms with E-state index in [0.29, 0.717) is 6.04 Å². The lowest BCUT2D eigenvalue weighted by Gasteiger charge is -2.10. The molecule has 1 fully saturated rings. The fourth-order valence-corrected chi connectivity index (χ4v) is 3.17. The summed E-state index contributed by atoms with van der Waals surface area (Å²) in [5, 5.41) is 3.49. The van der Waals surface area contributed by atoms with Crippen LogP contribution in [0, 0.1) is 0 Å². The van der Waals surface area contributed by atoms with Gasteiger partial charge in [0.05, 0.1) is 0 Å². The summed E-state index contributed by atoms with van der Waals surface area (Å²) in [6.07, 6.45) is 2.60. The minimum Gasteiger partial charge on any atom is -0.398 e. The highest BCUT2D eigenvalue weighted by molar-refractivity contribution is 9.10. The highest BCUT2D eigenvalue weighted by atomic mass is 79.9. The summed E-state index contributed by atoms with van der Waals surface area (Å²) in [6, 6.07) is 6.75. The lowest BCUT2D eigenvalue weighted by Crippen LogP contribution is -2.23. The third-order valence-electron chi connectivity index (χ3n) is 2.57. The Labute approximate surface area is 103 Å². The van der Waals surface area contributed by atoms with Crippen molar-refractivity contribution in [2.24, 2.45) is 0 Å². The summed E-state index contributed by atoms with van der Waals surface area (Å²) >= 11 is 5.26. The first kappa shape index (κ1) is 11.3. The average Bonchev–Trinajstić information content (AvgIpc) is 2.69. The summed E-state index contributed by atoms with van der Waals surface area (Å²) in [6.45, 7) is 1.17. The second kappa shape index (κ2) is 5.23. The molecule has 2 nitrogen and oxygen atoms in total. The Hall–Kier alpha value is -0.190. The van der Waals surface area contributed by atoms with Crippen LogP contribution >= 0.6 is 27.7 Å². The molecule has 0 radical (unpaired) electrons. The van der Waals surface area contributed by atoms with E-state index in [0.717, 1.165) is 15.9 Å². The number of nitrogen functional groups attached to an aromatic ring is 1. The van der Waals surface area contributed by atoms with Crippen molar-refractivity contribution in [1.82, 2.24) is 5.32 Å². The quantitative estimate of drug-likeness (QED) is 0.663. The van der Waals surface area contributed by atoms with Gasteiger partial charge in [0.25, 0.3) is 0 Å². The van der Waals surface area contributed by atoms with Gasteiger partial charge >= 0.3 is 0 Å². The molecule has 1 atom stereocenters. The second-order valence-corrected chi connectivity index (χ2v) is 5.76. The van der Waals surface area contributed by atoms with Crippen molar-refractivity contribution >= 4 is 33.4 Å². The molecule has 0 aromatic heterocycles. The summed E-state index contributed by atoms with van der Waals surface area (Å²) in [5.74, 6) is 1.12. The summed E-state index contributed by atoms with van der Waals surface area (Å²) in [4.78, 5) is 1.19. The van der Waals surface area contributed by atoms with Crippen LogP contribution in [0.4, 0.5) is 5.69 Å². The molecule has 15 heavy (non-hydrogen) atoms. The Morgan fingerprint density at radius 3 is 3.07 bits per heavy atom. The van der Waals surface area contributed by atoms with Gasteiger partial charge in [-0.15, -0.1) is 11.8 Å². The average molecular weight is 287 g/mol. The van der Waals surface area contributed by atoms with Crippen molar-refractivity contribution in [3.63, 3.8) is 0 Å². The van der Waals surface area contributed by atoms with Crippen molar-refractivity contribution in [2.45, 2.75) is 23.8 Å². The van der Waals surface area contributed by atoms with Gasteiger partial charge in [-0.25, -0.2) is 0 Å². The van der Waals surface area contributed by atoms with Crippen LogP contribution in [0.3, 0.4) is 0 Å². The first-order chi connectivity index (χ1) is 7.25. The molecule has 1 aromatic carbocycles. The number of benzene rings is 1. The van der Waals surface area contributed by atoms with Gasteiger partial charge in [0.1, 0.15) is 0 Å². The van der Waals surface area contributed by atoms with Crippen molar-refractivity contribution in [2.75, 3.05) is 18.0 Å². The van der Waals surface area contributed by atoms with E-state index in [2.05, 4.69) is 27.3 Å². The zero-order valence-corrected chi connectivity index (χ0v) is 10.9. The predicted molar refractivity (Wildman–Crippen MR) is 70.3 cm³/mol. The highest BCUT2D eigenvalue weighted by Crippen LogP contribution is 2.29. The van der Waals surface area contributed by atoms with Crippen molar-refractivity contribution in [3.05, 3.63) is 22.7 Å². The zero-order valence-electron chi connectivity index (χ0n) is 8.50. The highest BCUT2D eigenvalue weighted by Gasteiger charge is 2.14. The Kier molecular flexibility index (Phi) is 3.94. The molecule has 0 bridgehead atoms. The Morgan fingerprint density at radius 1 is 1.53 bits per heavy atom. The van der Waals surface area contributed by atoms with E-state index in [1.54, 1.807) is 0 Å². The number of thioether (sulfide) groups is 1. The van der Waals surface area contributed by atoms with E-state index in [-0.39, 0.29) is 0 Å². The van der Waals surface area contributed by atoms with Gasteiger partial charge < -0.3 is 11.1 Å². The number of anilines is 1. The van der Waals surface area contributed by atoms with Gasteiger partial charge in [0.2, 0.25) is 0 Å². The van der Waals surface area contributed by atoms with E-state index < -0.39 is 0 Å². The maximum atomic E-state index is 5.93. The molecule has 0 saturated carbocycles. The number of halogens is 1. The molecule has 1 aliphatic heterocycles. The van der Waals surface area contributed by atoms with Crippen LogP contribution in [0.25, 0.3) is 0 Å². The van der Waals surface area contributed by atoms with Gasteiger partial charge in [-0.1, -0.05) is 15.9 Å². The number of nitrogens with two attached hydrogens (primary N) is 1. The third kappa shape index (κ3) is 3.13. The molecule has 0 spiro atoms. The Morgan fingerprint density at radius 2 is 2.40 bits per heavy atom. The first-order valence-corrected chi connectivity index (χ1v) is 6.95. The smallest absolute Gasteiger partial charge is 0.0463 e. The molecule has 0 amide bonds. The maximum absolute atomic E-state index is 5.93. The monoisotopic (exact) mass is 286 g/mol. The molecule has 1 aromatic rings. The maximum Gasteiger partial charge on any atom is 0.0463 e. The fraction of sp³-hybridized carbons (Fsp3) is 0.455. The van der Waals surface area contributed by atoms with Gasteiger partial charge in [0, 0.05) is 26.9 Å². The number of hydrogen-bond acceptors (Lipinski definition) is 3. The van der Waals surface area contributed by atoms with E-state index in [1.165, 1.54) is 24.3 Å². The van der Waals surface area contributed by atoms with Crippen molar-refractivity contribution in [1.29, 1.82) is 0 Å². The predicted octanol–water partition coefficient (Wildman–Crippen LogP) is 2.88. The summed E-state index contributed by atoms with van der Waals surface area (Å²) in [5.41, 5.74) is 6.80. The third-order valence-corrected chi connectivity index (χ3v) is 4.32. The molecule has 1 unspecified atom stereocenters. The van der Waals surface area contributed by atoms with E-state index in [1.807, 2.05) is 23.9 Å². The molecular formula is C11H15BrN2S. The van der Waals surface area contributed by atoms with Crippen LogP contribution in [-0.4, -0.2) is 18.3 Å². The molecule has 2 rings (SSSR count). The Bertz CT molecular complexity index is 337. The van der Waals surface area contributed by atoms with Crippen LogP contribution < -0.4 is 11.1 Å². The van der Waals surface area contributed by atoms with Gasteiger partial charge in [-0.05, 0) is 37.6 Å². The molecule has 1 aliphatic rings. The van der Waals surface area contributed by atoms with Gasteiger partial charge in [0.15, 0.2) is 0 Å². The first-order valence-electron chi connectivity index (χ1n) is 5.17. The molecule has 1 heterocycles. The van der Waals surface area contributed by atoms with Crippen molar-refractivity contribution in [3.8, 4) is 0 Å². The molecule has 3 N–H and O–H groups in total. The van der Waals surface area contributed by atoms with Gasteiger partial charge in [-0.3, -0.25) is 0 Å². The van der Waals surface area contributed by atoms with Crippen molar-refractivity contribution < 1.29 is 0 Å². The van der Waals surface area contributed by atoms with Crippen LogP contribution in [-0.2, 0) is 0 Å². The zero-order chi connectivity index (χ0) is 10.7. The fourth-order valence-electron chi connectivity index (χ4n) is 1.74. The molecule has 1 saturated heterocycles. The summed E-state index contributed by atoms with van der Waals surface area (Å²) in [7, 11) is 0. The standard InChI is InChI=1S/C11H15BrN2S/c12-8-3-4-11(10(13)6-8)15-7-9-2-1-5-14-9/h3-4,6,9,14H,1-2,5,7,13H2. The Balaban J connectivity index is 1.92. The lowest BCUT2D eigenvalue weighted by atomic mass is 10.3. The second-order valence-electron chi connectivity index (χ2n) is 3.79. The van der Waals surface area contributed by atoms with E-state index >= 15 is 0 Å². The topological polar surface area (TPSA) is 38.0 Å². The SMILES string of the molecule is Nc1cc(Br)ccc1SCC1CCCN1. The largest absolute Gasteiger partial charge is 0.398 e. The normalized spacial score (nSPS) is 20.7. The van der Waals surface area contributed by atoms with E-state index in [9.17, 15) is 0 Å². The minimum atomic E-state index is 0.665. The number of nitrogens with one attached hydrogen (secondary N) is 1. The lowest BCUT2D eigenvalue weighted by molar-refractivity contribution is 0.674. The van der Waals surface area contributed by atoms with E-state index in [4.69, 9.17) is 5.73 Å². The number of hydrogen-bond donors (Lipinski definition) is 2. The van der Waals surface area contributed by atoms with Crippen LogP contribution in [0.1, 0.15) is 12.8 Å². The number of rotatable bonds is 3. The molecule has 4 heteroatoms. The molecule has 0 aliphatic carbocycles. The molecular weight excluding hydrogens is 272 g/mol. The van der Waals surface area contributed by atoms with Crippen LogP contribution in [0.2, 0.25) is 0 Å². The summed E-state index contributed by atoms with van der Waals surface area (Å²) < 4.78 is 1.04. The van der Waals surface area contributed by atoms with Crippen LogP contribution in [0.5, 0.6) is 0 Å². The minimum absolute atomic E-state index is 0.665. The molecule has 82 valence electrons.